The average Bonchev–Trinajstić information content (AvgIpc) is 2.61. The third-order valence-electron chi connectivity index (χ3n) is 3.46. The SMILES string of the molecule is C=CCSc1nc2ccc(I)cc2c(=O)n1-c1ccc(OC)cc1. The van der Waals surface area contributed by atoms with Crippen LogP contribution in [0.25, 0.3) is 16.6 Å². The van der Waals surface area contributed by atoms with Crippen molar-refractivity contribution >= 4 is 45.3 Å². The Morgan fingerprint density at radius 1 is 1.29 bits per heavy atom. The maximum Gasteiger partial charge on any atom is 0.266 e. The van der Waals surface area contributed by atoms with Crippen LogP contribution in [-0.2, 0) is 0 Å². The van der Waals surface area contributed by atoms with E-state index in [4.69, 9.17) is 4.74 Å². The molecule has 0 radical (unpaired) electrons. The van der Waals surface area contributed by atoms with Crippen molar-refractivity contribution in [2.75, 3.05) is 12.9 Å². The monoisotopic (exact) mass is 450 g/mol. The second-order valence-electron chi connectivity index (χ2n) is 4.99. The summed E-state index contributed by atoms with van der Waals surface area (Å²) >= 11 is 3.69. The number of hydrogen-bond acceptors (Lipinski definition) is 4. The van der Waals surface area contributed by atoms with Gasteiger partial charge in [0.05, 0.1) is 23.7 Å². The van der Waals surface area contributed by atoms with Gasteiger partial charge in [0.25, 0.3) is 5.56 Å². The molecule has 3 aromatic rings. The molecule has 0 saturated carbocycles. The van der Waals surface area contributed by atoms with E-state index in [1.165, 1.54) is 11.8 Å². The summed E-state index contributed by atoms with van der Waals surface area (Å²) in [6, 6.07) is 13.1. The topological polar surface area (TPSA) is 44.1 Å². The highest BCUT2D eigenvalue weighted by atomic mass is 127. The highest BCUT2D eigenvalue weighted by Gasteiger charge is 2.13. The molecule has 6 heteroatoms. The van der Waals surface area contributed by atoms with Gasteiger partial charge in [-0.05, 0) is 65.1 Å². The zero-order valence-corrected chi connectivity index (χ0v) is 16.0. The molecule has 0 fully saturated rings. The first-order valence-corrected chi connectivity index (χ1v) is 9.31. The normalized spacial score (nSPS) is 10.8. The Bertz CT molecular complexity index is 952. The number of benzene rings is 2. The summed E-state index contributed by atoms with van der Waals surface area (Å²) in [6.45, 7) is 3.74. The second-order valence-corrected chi connectivity index (χ2v) is 7.23. The fourth-order valence-corrected chi connectivity index (χ4v) is 3.57. The average molecular weight is 450 g/mol. The van der Waals surface area contributed by atoms with Gasteiger partial charge in [-0.1, -0.05) is 17.8 Å². The quantitative estimate of drug-likeness (QED) is 0.252. The number of methoxy groups -OCH3 is 1. The second kappa shape index (κ2) is 7.40. The van der Waals surface area contributed by atoms with Gasteiger partial charge in [-0.2, -0.15) is 0 Å². The van der Waals surface area contributed by atoms with Crippen LogP contribution < -0.4 is 10.3 Å². The zero-order chi connectivity index (χ0) is 17.1. The van der Waals surface area contributed by atoms with E-state index in [1.54, 1.807) is 17.8 Å². The standard InChI is InChI=1S/C18H15IN2O2S/c1-3-10-24-18-20-16-9-4-12(19)11-15(16)17(22)21(18)13-5-7-14(23-2)8-6-13/h3-9,11H,1,10H2,2H3. The minimum Gasteiger partial charge on any atom is -0.497 e. The number of aromatic nitrogens is 2. The molecule has 0 aliphatic heterocycles. The molecule has 2 aromatic carbocycles. The third kappa shape index (κ3) is 3.34. The van der Waals surface area contributed by atoms with Crippen LogP contribution in [0, 0.1) is 3.57 Å². The maximum atomic E-state index is 13.1. The molecule has 4 nitrogen and oxygen atoms in total. The molecule has 0 unspecified atom stereocenters. The van der Waals surface area contributed by atoms with Crippen LogP contribution in [0.5, 0.6) is 5.75 Å². The first-order chi connectivity index (χ1) is 11.6. The zero-order valence-electron chi connectivity index (χ0n) is 13.0. The van der Waals surface area contributed by atoms with E-state index in [0.29, 0.717) is 21.8 Å². The molecule has 0 atom stereocenters. The van der Waals surface area contributed by atoms with Crippen LogP contribution in [0.3, 0.4) is 0 Å². The van der Waals surface area contributed by atoms with E-state index < -0.39 is 0 Å². The Balaban J connectivity index is 2.26. The van der Waals surface area contributed by atoms with Crippen LogP contribution in [0.15, 0.2) is 65.1 Å². The first kappa shape index (κ1) is 17.0. The van der Waals surface area contributed by atoms with Crippen LogP contribution in [0.4, 0.5) is 0 Å². The molecule has 0 amide bonds. The molecule has 24 heavy (non-hydrogen) atoms. The van der Waals surface area contributed by atoms with E-state index >= 15 is 0 Å². The summed E-state index contributed by atoms with van der Waals surface area (Å²) in [5.41, 5.74) is 1.40. The third-order valence-corrected chi connectivity index (χ3v) is 5.07. The van der Waals surface area contributed by atoms with Crippen molar-refractivity contribution in [3.63, 3.8) is 0 Å². The van der Waals surface area contributed by atoms with Crippen LogP contribution in [0.2, 0.25) is 0 Å². The Labute approximate surface area is 157 Å². The summed E-state index contributed by atoms with van der Waals surface area (Å²) in [4.78, 5) is 17.7. The van der Waals surface area contributed by atoms with Crippen molar-refractivity contribution in [1.29, 1.82) is 0 Å². The van der Waals surface area contributed by atoms with E-state index in [9.17, 15) is 4.79 Å². The number of rotatable bonds is 5. The Hall–Kier alpha value is -1.80. The predicted octanol–water partition coefficient (Wildman–Crippen LogP) is 4.28. The summed E-state index contributed by atoms with van der Waals surface area (Å²) in [5, 5.41) is 1.26. The molecule has 0 N–H and O–H groups in total. The highest BCUT2D eigenvalue weighted by Crippen LogP contribution is 2.23. The molecule has 0 aliphatic carbocycles. The minimum absolute atomic E-state index is 0.0738. The number of halogens is 1. The Morgan fingerprint density at radius 3 is 2.71 bits per heavy atom. The van der Waals surface area contributed by atoms with Crippen molar-refractivity contribution in [3.05, 3.63) is 69.0 Å². The van der Waals surface area contributed by atoms with Gasteiger partial charge in [0.2, 0.25) is 0 Å². The fraction of sp³-hybridized carbons (Fsp3) is 0.111. The molecule has 3 rings (SSSR count). The molecule has 0 bridgehead atoms. The van der Waals surface area contributed by atoms with Crippen molar-refractivity contribution in [3.8, 4) is 11.4 Å². The molecule has 0 aliphatic rings. The molecule has 1 heterocycles. The largest absolute Gasteiger partial charge is 0.497 e. The number of hydrogen-bond donors (Lipinski definition) is 0. The van der Waals surface area contributed by atoms with Gasteiger partial charge in [-0.3, -0.25) is 9.36 Å². The lowest BCUT2D eigenvalue weighted by Gasteiger charge is -2.13. The van der Waals surface area contributed by atoms with E-state index in [-0.39, 0.29) is 5.56 Å². The van der Waals surface area contributed by atoms with E-state index in [1.807, 2.05) is 42.5 Å². The smallest absolute Gasteiger partial charge is 0.266 e. The Kier molecular flexibility index (Phi) is 5.25. The van der Waals surface area contributed by atoms with Gasteiger partial charge in [-0.25, -0.2) is 4.98 Å². The van der Waals surface area contributed by atoms with Gasteiger partial charge in [-0.15, -0.1) is 6.58 Å². The maximum absolute atomic E-state index is 13.1. The van der Waals surface area contributed by atoms with E-state index in [0.717, 1.165) is 15.0 Å². The van der Waals surface area contributed by atoms with Gasteiger partial charge in [0, 0.05) is 9.32 Å². The van der Waals surface area contributed by atoms with Crippen molar-refractivity contribution < 1.29 is 4.74 Å². The fourth-order valence-electron chi connectivity index (χ4n) is 2.33. The molecule has 1 aromatic heterocycles. The number of nitrogens with zero attached hydrogens (tertiary/aromatic N) is 2. The highest BCUT2D eigenvalue weighted by molar-refractivity contribution is 14.1. The van der Waals surface area contributed by atoms with Crippen molar-refractivity contribution in [1.82, 2.24) is 9.55 Å². The molecular formula is C18H15IN2O2S. The molecular weight excluding hydrogens is 435 g/mol. The van der Waals surface area contributed by atoms with Crippen LogP contribution >= 0.6 is 34.4 Å². The minimum atomic E-state index is -0.0738. The van der Waals surface area contributed by atoms with Gasteiger partial charge >= 0.3 is 0 Å². The summed E-state index contributed by atoms with van der Waals surface area (Å²) in [6.07, 6.45) is 1.80. The number of fused-ring (bicyclic) bond motifs is 1. The predicted molar refractivity (Wildman–Crippen MR) is 108 cm³/mol. The van der Waals surface area contributed by atoms with Gasteiger partial charge in [0.1, 0.15) is 5.75 Å². The first-order valence-electron chi connectivity index (χ1n) is 7.24. The molecule has 122 valence electrons. The van der Waals surface area contributed by atoms with Crippen LogP contribution in [0.1, 0.15) is 0 Å². The van der Waals surface area contributed by atoms with Gasteiger partial charge in [0.15, 0.2) is 5.16 Å². The van der Waals surface area contributed by atoms with E-state index in [2.05, 4.69) is 34.2 Å². The molecule has 0 spiro atoms. The summed E-state index contributed by atoms with van der Waals surface area (Å²) in [5.74, 6) is 1.42. The number of thioether (sulfide) groups is 1. The number of ether oxygens (including phenoxy) is 1. The molecule has 0 saturated heterocycles. The van der Waals surface area contributed by atoms with Crippen molar-refractivity contribution in [2.45, 2.75) is 5.16 Å². The van der Waals surface area contributed by atoms with Crippen LogP contribution in [-0.4, -0.2) is 22.4 Å². The lowest BCUT2D eigenvalue weighted by Crippen LogP contribution is -2.21. The summed E-state index contributed by atoms with van der Waals surface area (Å²) < 4.78 is 7.85. The van der Waals surface area contributed by atoms with Gasteiger partial charge < -0.3 is 4.74 Å². The summed E-state index contributed by atoms with van der Waals surface area (Å²) in [7, 11) is 1.62. The van der Waals surface area contributed by atoms with Crippen molar-refractivity contribution in [2.24, 2.45) is 0 Å². The lowest BCUT2D eigenvalue weighted by molar-refractivity contribution is 0.414. The Morgan fingerprint density at radius 2 is 2.04 bits per heavy atom. The lowest BCUT2D eigenvalue weighted by atomic mass is 10.2.